The molecule has 20 heavy (non-hydrogen) atoms. The summed E-state index contributed by atoms with van der Waals surface area (Å²) in [7, 11) is 0. The predicted octanol–water partition coefficient (Wildman–Crippen LogP) is 3.55. The number of hydrogen-bond donors (Lipinski definition) is 0. The van der Waals surface area contributed by atoms with Crippen LogP contribution in [0.15, 0.2) is 24.3 Å². The van der Waals surface area contributed by atoms with Crippen LogP contribution in [0.25, 0.3) is 0 Å². The highest BCUT2D eigenvalue weighted by Gasteiger charge is 2.36. The summed E-state index contributed by atoms with van der Waals surface area (Å²) in [4.78, 5) is 14.5. The van der Waals surface area contributed by atoms with Gasteiger partial charge in [0.05, 0.1) is 0 Å². The number of likely N-dealkylation sites (tertiary alicyclic amines) is 1. The molecule has 1 aliphatic heterocycles. The van der Waals surface area contributed by atoms with Gasteiger partial charge in [0, 0.05) is 30.5 Å². The SMILES string of the molecule is O=C1CCCCC1C1CCCN1Cc1ccccc1F. The fourth-order valence-corrected chi connectivity index (χ4v) is 3.77. The van der Waals surface area contributed by atoms with Gasteiger partial charge in [-0.25, -0.2) is 4.39 Å². The minimum Gasteiger partial charge on any atom is -0.299 e. The Morgan fingerprint density at radius 3 is 2.80 bits per heavy atom. The molecule has 0 aromatic heterocycles. The second-order valence-electron chi connectivity index (χ2n) is 6.09. The summed E-state index contributed by atoms with van der Waals surface area (Å²) in [6, 6.07) is 7.32. The van der Waals surface area contributed by atoms with E-state index in [1.165, 1.54) is 12.5 Å². The molecule has 0 bridgehead atoms. The van der Waals surface area contributed by atoms with Crippen LogP contribution in [0.3, 0.4) is 0 Å². The van der Waals surface area contributed by atoms with Gasteiger partial charge < -0.3 is 0 Å². The lowest BCUT2D eigenvalue weighted by Gasteiger charge is -2.33. The fraction of sp³-hybridized carbons (Fsp3) is 0.588. The first-order valence-electron chi connectivity index (χ1n) is 7.76. The highest BCUT2D eigenvalue weighted by atomic mass is 19.1. The Morgan fingerprint density at radius 2 is 2.00 bits per heavy atom. The fourth-order valence-electron chi connectivity index (χ4n) is 3.77. The average molecular weight is 275 g/mol. The van der Waals surface area contributed by atoms with Crippen molar-refractivity contribution in [2.75, 3.05) is 6.54 Å². The minimum absolute atomic E-state index is 0.131. The second-order valence-corrected chi connectivity index (χ2v) is 6.09. The third kappa shape index (κ3) is 2.78. The summed E-state index contributed by atoms with van der Waals surface area (Å²) in [5.74, 6) is 0.493. The van der Waals surface area contributed by atoms with E-state index in [-0.39, 0.29) is 11.7 Å². The smallest absolute Gasteiger partial charge is 0.137 e. The molecule has 1 aliphatic carbocycles. The lowest BCUT2D eigenvalue weighted by Crippen LogP contribution is -2.40. The molecular weight excluding hydrogens is 253 g/mol. The Bertz CT molecular complexity index is 488. The van der Waals surface area contributed by atoms with E-state index in [4.69, 9.17) is 0 Å². The van der Waals surface area contributed by atoms with Gasteiger partial charge in [0.1, 0.15) is 11.6 Å². The molecule has 2 aliphatic rings. The number of Topliss-reactive ketones (excluding diaryl/α,β-unsaturated/α-hetero) is 1. The molecular formula is C17H22FNO. The van der Waals surface area contributed by atoms with Crippen LogP contribution in [0.5, 0.6) is 0 Å². The van der Waals surface area contributed by atoms with Gasteiger partial charge in [-0.3, -0.25) is 9.69 Å². The third-order valence-corrected chi connectivity index (χ3v) is 4.81. The van der Waals surface area contributed by atoms with Gasteiger partial charge in [0.15, 0.2) is 0 Å². The Kier molecular flexibility index (Phi) is 4.16. The molecule has 2 atom stereocenters. The number of halogens is 1. The van der Waals surface area contributed by atoms with E-state index < -0.39 is 0 Å². The van der Waals surface area contributed by atoms with Gasteiger partial charge in [0.25, 0.3) is 0 Å². The number of carbonyl (C=O) groups is 1. The number of nitrogens with zero attached hydrogens (tertiary/aromatic N) is 1. The molecule has 0 radical (unpaired) electrons. The van der Waals surface area contributed by atoms with Gasteiger partial charge in [-0.1, -0.05) is 24.6 Å². The molecule has 3 rings (SSSR count). The molecule has 2 unspecified atom stereocenters. The van der Waals surface area contributed by atoms with Gasteiger partial charge in [-0.2, -0.15) is 0 Å². The van der Waals surface area contributed by atoms with Crippen molar-refractivity contribution in [1.82, 2.24) is 4.90 Å². The molecule has 0 spiro atoms. The normalized spacial score (nSPS) is 27.9. The van der Waals surface area contributed by atoms with E-state index in [1.54, 1.807) is 6.07 Å². The zero-order chi connectivity index (χ0) is 13.9. The first-order valence-corrected chi connectivity index (χ1v) is 7.76. The number of hydrogen-bond acceptors (Lipinski definition) is 2. The second kappa shape index (κ2) is 6.04. The van der Waals surface area contributed by atoms with Crippen LogP contribution in [0.4, 0.5) is 4.39 Å². The number of carbonyl (C=O) groups excluding carboxylic acids is 1. The summed E-state index contributed by atoms with van der Waals surface area (Å²) < 4.78 is 13.8. The molecule has 2 fully saturated rings. The molecule has 0 amide bonds. The van der Waals surface area contributed by atoms with E-state index in [2.05, 4.69) is 4.90 Å². The number of rotatable bonds is 3. The lowest BCUT2D eigenvalue weighted by atomic mass is 9.82. The van der Waals surface area contributed by atoms with Gasteiger partial charge in [-0.05, 0) is 38.3 Å². The van der Waals surface area contributed by atoms with Crippen LogP contribution in [0.1, 0.15) is 44.1 Å². The lowest BCUT2D eigenvalue weighted by molar-refractivity contribution is -0.126. The Hall–Kier alpha value is -1.22. The predicted molar refractivity (Wildman–Crippen MR) is 76.8 cm³/mol. The van der Waals surface area contributed by atoms with Crippen LogP contribution in [-0.2, 0) is 11.3 Å². The topological polar surface area (TPSA) is 20.3 Å². The van der Waals surface area contributed by atoms with Crippen LogP contribution < -0.4 is 0 Å². The number of benzene rings is 1. The summed E-state index contributed by atoms with van der Waals surface area (Å²) >= 11 is 0. The maximum absolute atomic E-state index is 13.8. The van der Waals surface area contributed by atoms with Gasteiger partial charge >= 0.3 is 0 Å². The Labute approximate surface area is 120 Å². The molecule has 108 valence electrons. The van der Waals surface area contributed by atoms with Gasteiger partial charge in [-0.15, -0.1) is 0 Å². The molecule has 1 heterocycles. The monoisotopic (exact) mass is 275 g/mol. The van der Waals surface area contributed by atoms with Crippen LogP contribution in [-0.4, -0.2) is 23.3 Å². The van der Waals surface area contributed by atoms with Crippen LogP contribution in [0.2, 0.25) is 0 Å². The first-order chi connectivity index (χ1) is 9.75. The molecule has 1 saturated carbocycles. The van der Waals surface area contributed by atoms with Crippen molar-refractivity contribution in [3.63, 3.8) is 0 Å². The zero-order valence-electron chi connectivity index (χ0n) is 11.9. The zero-order valence-corrected chi connectivity index (χ0v) is 11.9. The van der Waals surface area contributed by atoms with Crippen molar-refractivity contribution in [2.24, 2.45) is 5.92 Å². The van der Waals surface area contributed by atoms with Crippen LogP contribution in [0, 0.1) is 11.7 Å². The summed E-state index contributed by atoms with van der Waals surface area (Å²) in [6.45, 7) is 1.63. The standard InChI is InChI=1S/C17H22FNO/c18-15-8-3-1-6-13(15)12-19-11-5-9-16(19)14-7-2-4-10-17(14)20/h1,3,6,8,14,16H,2,4-5,7,9-12H2. The molecule has 0 N–H and O–H groups in total. The largest absolute Gasteiger partial charge is 0.299 e. The average Bonchev–Trinajstić information content (AvgIpc) is 2.90. The van der Waals surface area contributed by atoms with Crippen molar-refractivity contribution in [1.29, 1.82) is 0 Å². The van der Waals surface area contributed by atoms with Crippen molar-refractivity contribution in [2.45, 2.75) is 51.1 Å². The van der Waals surface area contributed by atoms with E-state index in [9.17, 15) is 9.18 Å². The summed E-state index contributed by atoms with van der Waals surface area (Å²) in [6.07, 6.45) is 6.20. The maximum atomic E-state index is 13.8. The van der Waals surface area contributed by atoms with Crippen molar-refractivity contribution >= 4 is 5.78 Å². The highest BCUT2D eigenvalue weighted by Crippen LogP contribution is 2.33. The molecule has 1 aromatic carbocycles. The third-order valence-electron chi connectivity index (χ3n) is 4.81. The van der Waals surface area contributed by atoms with E-state index in [0.717, 1.165) is 44.2 Å². The van der Waals surface area contributed by atoms with Crippen molar-refractivity contribution in [3.8, 4) is 0 Å². The van der Waals surface area contributed by atoms with Crippen molar-refractivity contribution in [3.05, 3.63) is 35.6 Å². The summed E-state index contributed by atoms with van der Waals surface area (Å²) in [5.41, 5.74) is 0.752. The summed E-state index contributed by atoms with van der Waals surface area (Å²) in [5, 5.41) is 0. The van der Waals surface area contributed by atoms with E-state index in [0.29, 0.717) is 18.4 Å². The first kappa shape index (κ1) is 13.7. The maximum Gasteiger partial charge on any atom is 0.137 e. The molecule has 1 saturated heterocycles. The van der Waals surface area contributed by atoms with Crippen molar-refractivity contribution < 1.29 is 9.18 Å². The molecule has 1 aromatic rings. The quantitative estimate of drug-likeness (QED) is 0.841. The molecule has 2 nitrogen and oxygen atoms in total. The van der Waals surface area contributed by atoms with E-state index in [1.807, 2.05) is 12.1 Å². The van der Waals surface area contributed by atoms with E-state index >= 15 is 0 Å². The number of ketones is 1. The Balaban J connectivity index is 1.72. The van der Waals surface area contributed by atoms with Gasteiger partial charge in [0.2, 0.25) is 0 Å². The van der Waals surface area contributed by atoms with Crippen LogP contribution >= 0.6 is 0 Å². The Morgan fingerprint density at radius 1 is 1.15 bits per heavy atom. The minimum atomic E-state index is -0.131. The molecule has 3 heteroatoms. The highest BCUT2D eigenvalue weighted by molar-refractivity contribution is 5.82.